The highest BCUT2D eigenvalue weighted by Crippen LogP contribution is 2.22. The van der Waals surface area contributed by atoms with Crippen LogP contribution in [0.2, 0.25) is 15.7 Å². The Labute approximate surface area is 227 Å². The molecule has 0 unspecified atom stereocenters. The van der Waals surface area contributed by atoms with Crippen molar-refractivity contribution in [1.82, 2.24) is 19.9 Å². The number of ether oxygens (including phenoxy) is 2. The number of hydrogen-bond donors (Lipinski definition) is 2. The van der Waals surface area contributed by atoms with Crippen LogP contribution in [0.4, 0.5) is 17.2 Å². The fourth-order valence-corrected chi connectivity index (χ4v) is 2.23. The lowest BCUT2D eigenvalue weighted by Crippen LogP contribution is -3.00. The van der Waals surface area contributed by atoms with Crippen LogP contribution >= 0.6 is 34.8 Å². The molecule has 192 valence electrons. The van der Waals surface area contributed by atoms with Crippen molar-refractivity contribution < 1.29 is 43.3 Å². The third-order valence-corrected chi connectivity index (χ3v) is 3.84. The van der Waals surface area contributed by atoms with E-state index in [0.29, 0.717) is 13.2 Å². The van der Waals surface area contributed by atoms with Gasteiger partial charge in [-0.1, -0.05) is 11.6 Å². The van der Waals surface area contributed by atoms with E-state index in [-0.39, 0.29) is 56.9 Å². The number of rotatable bonds is 10. The molecule has 0 aliphatic carbocycles. The summed E-state index contributed by atoms with van der Waals surface area (Å²) in [6.45, 7) is 2.60. The first-order chi connectivity index (χ1) is 15.7. The summed E-state index contributed by atoms with van der Waals surface area (Å²) in [6.07, 6.45) is 3.72. The molecular weight excluding hydrogens is 633 g/mol. The van der Waals surface area contributed by atoms with Crippen LogP contribution in [0.25, 0.3) is 0 Å². The molecule has 2 aromatic rings. The fraction of sp³-hybridized carbons (Fsp3) is 0.500. The van der Waals surface area contributed by atoms with E-state index in [1.807, 2.05) is 0 Å². The predicted molar refractivity (Wildman–Crippen MR) is 123 cm³/mol. The van der Waals surface area contributed by atoms with Crippen LogP contribution in [0, 0.1) is 20.2 Å². The molecule has 0 fully saturated rings. The molecule has 0 aliphatic heterocycles. The van der Waals surface area contributed by atoms with Crippen LogP contribution < -0.4 is 35.0 Å². The summed E-state index contributed by atoms with van der Waals surface area (Å²) in [5.74, 6) is 0.126. The molecule has 0 bridgehead atoms. The molecule has 0 aromatic carbocycles. The van der Waals surface area contributed by atoms with Gasteiger partial charge < -0.3 is 44.5 Å². The maximum Gasteiger partial charge on any atom is 0.329 e. The molecule has 2 rings (SSSR count). The Hall–Kier alpha value is -1.76. The third-order valence-electron chi connectivity index (χ3n) is 3.20. The van der Waals surface area contributed by atoms with Crippen molar-refractivity contribution >= 4 is 52.0 Å². The van der Waals surface area contributed by atoms with Crippen molar-refractivity contribution in [1.29, 1.82) is 0 Å². The molecule has 0 amide bonds. The molecule has 2 heterocycles. The van der Waals surface area contributed by atoms with Gasteiger partial charge in [0.25, 0.3) is 0 Å². The molecule has 34 heavy (non-hydrogen) atoms. The summed E-state index contributed by atoms with van der Waals surface area (Å²) in [5, 5.41) is 23.2. The van der Waals surface area contributed by atoms with E-state index >= 15 is 0 Å². The van der Waals surface area contributed by atoms with Crippen molar-refractivity contribution in [3.8, 4) is 0 Å². The van der Waals surface area contributed by atoms with Crippen LogP contribution in [0.5, 0.6) is 0 Å². The zero-order chi connectivity index (χ0) is 25.2. The van der Waals surface area contributed by atoms with Crippen LogP contribution in [0.1, 0.15) is 12.8 Å². The quantitative estimate of drug-likeness (QED) is 0.0880. The first kappa shape index (κ1) is 34.4. The number of halogens is 4. The molecule has 0 saturated heterocycles. The minimum Gasteiger partial charge on any atom is -1.00 e. The summed E-state index contributed by atoms with van der Waals surface area (Å²) in [6, 6.07) is 0. The number of nitrogens with two attached hydrogens (primary N) is 1. The molecule has 14 nitrogen and oxygen atoms in total. The standard InChI is InChI=1S/C8H11ClN4O3.C4HCl2N3O2.C4H11NO.HI/c1-16-4-2-3-10-7-6(13(14)15)5-11-8(9)12-7;5-3-2(9(10)11)1-7-4(6)8-3;1-6-4-2-3-5;/h5H,2-4H2,1H3,(H,10,11,12);1H;2-5H2,1H3;1H/p-1. The Bertz CT molecular complexity index is 883. The summed E-state index contributed by atoms with van der Waals surface area (Å²) in [5.41, 5.74) is 4.59. The number of anilines is 1. The lowest BCUT2D eigenvalue weighted by Gasteiger charge is -2.05. The van der Waals surface area contributed by atoms with E-state index in [0.717, 1.165) is 38.4 Å². The van der Waals surface area contributed by atoms with E-state index in [1.165, 1.54) is 0 Å². The van der Waals surface area contributed by atoms with Crippen LogP contribution in [0.3, 0.4) is 0 Å². The zero-order valence-electron chi connectivity index (χ0n) is 18.1. The summed E-state index contributed by atoms with van der Waals surface area (Å²) < 4.78 is 9.55. The van der Waals surface area contributed by atoms with Crippen LogP contribution in [-0.2, 0) is 9.47 Å². The second-order valence-electron chi connectivity index (χ2n) is 5.61. The average Bonchev–Trinajstić information content (AvgIpc) is 2.75. The highest BCUT2D eigenvalue weighted by Gasteiger charge is 2.16. The molecule has 0 atom stereocenters. The predicted octanol–water partition coefficient (Wildman–Crippen LogP) is 0.164. The number of nitrogens with zero attached hydrogens (tertiary/aromatic N) is 6. The molecule has 3 N–H and O–H groups in total. The smallest absolute Gasteiger partial charge is 0.329 e. The highest BCUT2D eigenvalue weighted by atomic mass is 127. The summed E-state index contributed by atoms with van der Waals surface area (Å²) >= 11 is 16.2. The lowest BCUT2D eigenvalue weighted by atomic mass is 10.4. The van der Waals surface area contributed by atoms with Crippen LogP contribution in [-0.4, -0.2) is 70.3 Å². The molecule has 0 radical (unpaired) electrons. The maximum absolute atomic E-state index is 10.6. The van der Waals surface area contributed by atoms with Crippen molar-refractivity contribution in [3.05, 3.63) is 48.3 Å². The zero-order valence-corrected chi connectivity index (χ0v) is 22.5. The number of hydrogen-bond acceptors (Lipinski definition) is 12. The Balaban J connectivity index is 0. The van der Waals surface area contributed by atoms with Gasteiger partial charge in [-0.2, -0.15) is 9.97 Å². The van der Waals surface area contributed by atoms with Crippen LogP contribution in [0.15, 0.2) is 12.4 Å². The summed E-state index contributed by atoms with van der Waals surface area (Å²) in [7, 11) is 3.26. The minimum atomic E-state index is -0.682. The van der Waals surface area contributed by atoms with Crippen molar-refractivity contribution in [2.45, 2.75) is 12.8 Å². The van der Waals surface area contributed by atoms with E-state index in [2.05, 4.69) is 25.3 Å². The fourth-order valence-electron chi connectivity index (χ4n) is 1.73. The average molecular weight is 657 g/mol. The largest absolute Gasteiger partial charge is 1.00 e. The van der Waals surface area contributed by atoms with Gasteiger partial charge in [-0.05, 0) is 42.6 Å². The molecular formula is C16H23Cl3IN8O6-. The van der Waals surface area contributed by atoms with Gasteiger partial charge in [0.1, 0.15) is 12.4 Å². The summed E-state index contributed by atoms with van der Waals surface area (Å²) in [4.78, 5) is 33.6. The van der Waals surface area contributed by atoms with Gasteiger partial charge in [-0.3, -0.25) is 20.2 Å². The maximum atomic E-state index is 10.6. The lowest BCUT2D eigenvalue weighted by molar-refractivity contribution is -0.385. The molecule has 0 spiro atoms. The molecule has 18 heteroatoms. The molecule has 2 aromatic heterocycles. The van der Waals surface area contributed by atoms with E-state index < -0.39 is 9.85 Å². The van der Waals surface area contributed by atoms with Gasteiger partial charge in [0.05, 0.1) is 9.85 Å². The first-order valence-corrected chi connectivity index (χ1v) is 10.2. The molecule has 0 saturated carbocycles. The Morgan fingerprint density at radius 3 is 1.88 bits per heavy atom. The molecule has 0 aliphatic rings. The normalized spacial score (nSPS) is 9.47. The van der Waals surface area contributed by atoms with E-state index in [1.54, 1.807) is 14.2 Å². The van der Waals surface area contributed by atoms with E-state index in [9.17, 15) is 20.2 Å². The van der Waals surface area contributed by atoms with Crippen molar-refractivity contribution in [2.75, 3.05) is 45.8 Å². The highest BCUT2D eigenvalue weighted by molar-refractivity contribution is 6.33. The second-order valence-corrected chi connectivity index (χ2v) is 6.64. The Morgan fingerprint density at radius 2 is 1.44 bits per heavy atom. The minimum absolute atomic E-state index is 0. The SMILES string of the molecule is COCCCN.COCCCNc1nc(Cl)ncc1[N+](=O)[O-].O=[N+]([O-])c1cnc(Cl)nc1Cl.[I-]. The third kappa shape index (κ3) is 15.2. The second kappa shape index (κ2) is 20.6. The monoisotopic (exact) mass is 655 g/mol. The number of nitro groups is 2. The van der Waals surface area contributed by atoms with Gasteiger partial charge in [-0.25, -0.2) is 9.97 Å². The first-order valence-electron chi connectivity index (χ1n) is 9.09. The van der Waals surface area contributed by atoms with Crippen molar-refractivity contribution in [3.63, 3.8) is 0 Å². The van der Waals surface area contributed by atoms with E-state index in [4.69, 9.17) is 50.0 Å². The number of aromatic nitrogens is 4. The van der Waals surface area contributed by atoms with Gasteiger partial charge in [0.2, 0.25) is 21.5 Å². The van der Waals surface area contributed by atoms with Gasteiger partial charge in [-0.15, -0.1) is 0 Å². The van der Waals surface area contributed by atoms with Gasteiger partial charge in [0, 0.05) is 34.0 Å². The number of nitrogens with one attached hydrogen (secondary N) is 1. The topological polar surface area (TPSA) is 194 Å². The Morgan fingerprint density at radius 1 is 0.941 bits per heavy atom. The van der Waals surface area contributed by atoms with Crippen molar-refractivity contribution in [2.24, 2.45) is 5.73 Å². The van der Waals surface area contributed by atoms with Gasteiger partial charge >= 0.3 is 11.4 Å². The van der Waals surface area contributed by atoms with Gasteiger partial charge in [0.15, 0.2) is 0 Å². The number of methoxy groups -OCH3 is 2. The Kier molecular flexibility index (Phi) is 20.8.